The summed E-state index contributed by atoms with van der Waals surface area (Å²) < 4.78 is 24.6. The Hall–Kier alpha value is -0.430. The zero-order valence-corrected chi connectivity index (χ0v) is 10.1. The predicted octanol–water partition coefficient (Wildman–Crippen LogP) is 1.11. The van der Waals surface area contributed by atoms with Gasteiger partial charge in [0.2, 0.25) is 10.0 Å². The van der Waals surface area contributed by atoms with Gasteiger partial charge >= 0.3 is 0 Å². The van der Waals surface area contributed by atoms with Gasteiger partial charge in [0.05, 0.1) is 11.9 Å². The molecule has 0 amide bonds. The smallest absolute Gasteiger partial charge is 0.211 e. The number of hydrogen-bond donors (Lipinski definition) is 2. The Balaban J connectivity index is 2.33. The largest absolute Gasteiger partial charge is 0.388 e. The minimum atomic E-state index is -3.14. The number of sulfonamides is 1. The first-order valence-corrected chi connectivity index (χ1v) is 7.27. The van der Waals surface area contributed by atoms with Crippen LogP contribution in [0.5, 0.6) is 0 Å². The lowest BCUT2D eigenvalue weighted by Gasteiger charge is -2.08. The molecule has 1 aromatic rings. The Bertz CT molecular complexity index is 372. The van der Waals surface area contributed by atoms with Crippen LogP contribution in [0.15, 0.2) is 17.5 Å². The average Bonchev–Trinajstić information content (AvgIpc) is 2.70. The highest BCUT2D eigenvalue weighted by molar-refractivity contribution is 7.89. The van der Waals surface area contributed by atoms with Gasteiger partial charge in [-0.25, -0.2) is 13.1 Å². The van der Waals surface area contributed by atoms with E-state index in [4.69, 9.17) is 0 Å². The molecule has 0 radical (unpaired) electrons. The van der Waals surface area contributed by atoms with E-state index in [1.807, 2.05) is 17.5 Å². The third-order valence-corrected chi connectivity index (χ3v) is 4.37. The van der Waals surface area contributed by atoms with Gasteiger partial charge in [-0.3, -0.25) is 0 Å². The van der Waals surface area contributed by atoms with Crippen molar-refractivity contribution in [2.75, 3.05) is 12.3 Å². The van der Waals surface area contributed by atoms with Gasteiger partial charge in [-0.15, -0.1) is 11.3 Å². The second-order valence-corrected chi connectivity index (χ2v) is 6.19. The van der Waals surface area contributed by atoms with Crippen LogP contribution in [0.2, 0.25) is 0 Å². The Morgan fingerprint density at radius 3 is 2.87 bits per heavy atom. The third-order valence-electron chi connectivity index (χ3n) is 1.99. The fourth-order valence-electron chi connectivity index (χ4n) is 1.08. The first kappa shape index (κ1) is 12.6. The molecule has 1 aromatic heterocycles. The summed E-state index contributed by atoms with van der Waals surface area (Å²) in [5.41, 5.74) is 0. The minimum Gasteiger partial charge on any atom is -0.388 e. The van der Waals surface area contributed by atoms with Gasteiger partial charge in [0.15, 0.2) is 0 Å². The molecule has 1 rings (SSSR count). The van der Waals surface area contributed by atoms with Gasteiger partial charge in [0, 0.05) is 11.4 Å². The summed E-state index contributed by atoms with van der Waals surface area (Å²) in [4.78, 5) is 0.866. The van der Waals surface area contributed by atoms with E-state index in [1.54, 1.807) is 6.92 Å². The Kier molecular flexibility index (Phi) is 4.72. The van der Waals surface area contributed by atoms with Gasteiger partial charge in [0.25, 0.3) is 0 Å². The molecule has 1 heterocycles. The van der Waals surface area contributed by atoms with E-state index in [2.05, 4.69) is 4.72 Å². The number of aliphatic hydroxyl groups is 1. The number of rotatable bonds is 6. The molecule has 0 aliphatic rings. The van der Waals surface area contributed by atoms with E-state index in [1.165, 1.54) is 11.3 Å². The van der Waals surface area contributed by atoms with E-state index in [0.29, 0.717) is 6.42 Å². The minimum absolute atomic E-state index is 0.0715. The SMILES string of the molecule is CCS(=O)(=O)NCCC(O)c1cccs1. The molecule has 86 valence electrons. The molecule has 15 heavy (non-hydrogen) atoms. The van der Waals surface area contributed by atoms with Crippen molar-refractivity contribution >= 4 is 21.4 Å². The normalized spacial score (nSPS) is 14.0. The molecule has 2 N–H and O–H groups in total. The summed E-state index contributed by atoms with van der Waals surface area (Å²) >= 11 is 1.47. The van der Waals surface area contributed by atoms with Gasteiger partial charge in [0.1, 0.15) is 0 Å². The van der Waals surface area contributed by atoms with Crippen molar-refractivity contribution in [2.45, 2.75) is 19.4 Å². The maximum Gasteiger partial charge on any atom is 0.211 e. The molecule has 0 aliphatic heterocycles. The van der Waals surface area contributed by atoms with Crippen molar-refractivity contribution in [3.05, 3.63) is 22.4 Å². The first-order chi connectivity index (χ1) is 7.05. The second-order valence-electron chi connectivity index (χ2n) is 3.12. The summed E-state index contributed by atoms with van der Waals surface area (Å²) in [6, 6.07) is 3.70. The third kappa shape index (κ3) is 4.29. The molecule has 0 aliphatic carbocycles. The lowest BCUT2D eigenvalue weighted by atomic mass is 10.2. The van der Waals surface area contributed by atoms with Gasteiger partial charge in [-0.05, 0) is 24.8 Å². The van der Waals surface area contributed by atoms with Gasteiger partial charge < -0.3 is 5.11 Å². The number of hydrogen-bond acceptors (Lipinski definition) is 4. The zero-order valence-electron chi connectivity index (χ0n) is 8.51. The topological polar surface area (TPSA) is 66.4 Å². The molecule has 1 unspecified atom stereocenters. The van der Waals surface area contributed by atoms with E-state index in [0.717, 1.165) is 4.88 Å². The summed E-state index contributed by atoms with van der Waals surface area (Å²) in [6.45, 7) is 1.85. The van der Waals surface area contributed by atoms with Crippen LogP contribution in [0.4, 0.5) is 0 Å². The van der Waals surface area contributed by atoms with E-state index in [-0.39, 0.29) is 12.3 Å². The van der Waals surface area contributed by atoms with Crippen molar-refractivity contribution in [2.24, 2.45) is 0 Å². The Morgan fingerprint density at radius 2 is 2.33 bits per heavy atom. The molecule has 0 saturated carbocycles. The van der Waals surface area contributed by atoms with Crippen LogP contribution in [0, 0.1) is 0 Å². The maximum absolute atomic E-state index is 11.1. The molecule has 0 saturated heterocycles. The highest BCUT2D eigenvalue weighted by Crippen LogP contribution is 2.20. The van der Waals surface area contributed by atoms with Crippen LogP contribution in [-0.2, 0) is 10.0 Å². The summed E-state index contributed by atoms with van der Waals surface area (Å²) in [6.07, 6.45) is -0.177. The van der Waals surface area contributed by atoms with Crippen molar-refractivity contribution in [3.8, 4) is 0 Å². The zero-order chi connectivity index (χ0) is 11.3. The fraction of sp³-hybridized carbons (Fsp3) is 0.556. The average molecular weight is 249 g/mol. The molecule has 6 heteroatoms. The number of nitrogens with one attached hydrogen (secondary N) is 1. The standard InChI is InChI=1S/C9H15NO3S2/c1-2-15(12,13)10-6-5-8(11)9-4-3-7-14-9/h3-4,7-8,10-11H,2,5-6H2,1H3. The van der Waals surface area contributed by atoms with Crippen molar-refractivity contribution in [3.63, 3.8) is 0 Å². The lowest BCUT2D eigenvalue weighted by Crippen LogP contribution is -2.27. The summed E-state index contributed by atoms with van der Waals surface area (Å²) in [5, 5.41) is 11.5. The van der Waals surface area contributed by atoms with Gasteiger partial charge in [-0.2, -0.15) is 0 Å². The Morgan fingerprint density at radius 1 is 1.60 bits per heavy atom. The van der Waals surface area contributed by atoms with Crippen molar-refractivity contribution in [1.29, 1.82) is 0 Å². The van der Waals surface area contributed by atoms with E-state index >= 15 is 0 Å². The molecule has 1 atom stereocenters. The first-order valence-electron chi connectivity index (χ1n) is 4.74. The highest BCUT2D eigenvalue weighted by atomic mass is 32.2. The van der Waals surface area contributed by atoms with E-state index < -0.39 is 16.1 Å². The van der Waals surface area contributed by atoms with Crippen LogP contribution in [0.3, 0.4) is 0 Å². The highest BCUT2D eigenvalue weighted by Gasteiger charge is 2.10. The monoisotopic (exact) mass is 249 g/mol. The molecule has 0 bridgehead atoms. The predicted molar refractivity (Wildman–Crippen MR) is 61.4 cm³/mol. The Labute approximate surface area is 94.0 Å². The molecular weight excluding hydrogens is 234 g/mol. The lowest BCUT2D eigenvalue weighted by molar-refractivity contribution is 0.173. The van der Waals surface area contributed by atoms with E-state index in [9.17, 15) is 13.5 Å². The van der Waals surface area contributed by atoms with Crippen LogP contribution >= 0.6 is 11.3 Å². The van der Waals surface area contributed by atoms with Crippen LogP contribution in [0.1, 0.15) is 24.3 Å². The molecule has 0 fully saturated rings. The van der Waals surface area contributed by atoms with Crippen LogP contribution in [0.25, 0.3) is 0 Å². The second kappa shape index (κ2) is 5.60. The molecule has 0 spiro atoms. The quantitative estimate of drug-likeness (QED) is 0.793. The maximum atomic E-state index is 11.1. The van der Waals surface area contributed by atoms with Crippen molar-refractivity contribution in [1.82, 2.24) is 4.72 Å². The molecule has 0 aromatic carbocycles. The molecule has 4 nitrogen and oxygen atoms in total. The van der Waals surface area contributed by atoms with Crippen LogP contribution < -0.4 is 4.72 Å². The van der Waals surface area contributed by atoms with Crippen molar-refractivity contribution < 1.29 is 13.5 Å². The molecular formula is C9H15NO3S2. The fourth-order valence-corrected chi connectivity index (χ4v) is 2.46. The van der Waals surface area contributed by atoms with Gasteiger partial charge in [-0.1, -0.05) is 6.07 Å². The summed E-state index contributed by atoms with van der Waals surface area (Å²) in [5.74, 6) is 0.0715. The van der Waals surface area contributed by atoms with Crippen LogP contribution in [-0.4, -0.2) is 25.8 Å². The number of thiophene rings is 1. The number of aliphatic hydroxyl groups excluding tert-OH is 1. The summed E-state index contributed by atoms with van der Waals surface area (Å²) in [7, 11) is -3.14.